The largest absolute Gasteiger partial charge is 0.424 e. The zero-order valence-electron chi connectivity index (χ0n) is 22.1. The molecule has 0 amide bonds. The van der Waals surface area contributed by atoms with Crippen molar-refractivity contribution in [1.82, 2.24) is 19.6 Å². The number of rotatable bonds is 12. The van der Waals surface area contributed by atoms with Crippen LogP contribution in [0, 0.1) is 5.92 Å². The fourth-order valence-electron chi connectivity index (χ4n) is 4.20. The predicted molar refractivity (Wildman–Crippen MR) is 143 cm³/mol. The summed E-state index contributed by atoms with van der Waals surface area (Å²) in [5, 5.41) is 11.9. The second-order valence-electron chi connectivity index (χ2n) is 9.74. The van der Waals surface area contributed by atoms with Crippen molar-refractivity contribution in [3.8, 4) is 5.75 Å². The van der Waals surface area contributed by atoms with Crippen molar-refractivity contribution in [3.05, 3.63) is 48.0 Å². The lowest BCUT2D eigenvalue weighted by molar-refractivity contribution is -0.120. The van der Waals surface area contributed by atoms with Crippen LogP contribution in [0.25, 0.3) is 5.65 Å². The van der Waals surface area contributed by atoms with E-state index in [9.17, 15) is 19.3 Å². The van der Waals surface area contributed by atoms with Gasteiger partial charge in [-0.15, -0.1) is 0 Å². The van der Waals surface area contributed by atoms with Crippen LogP contribution in [0.4, 0.5) is 10.2 Å². The number of imidazole rings is 1. The molecule has 0 saturated carbocycles. The number of ketones is 2. The third-order valence-corrected chi connectivity index (χ3v) is 9.05. The molecular formula is C25H30ClFN5O7P. The third-order valence-electron chi connectivity index (χ3n) is 6.62. The first kappa shape index (κ1) is 30.0. The van der Waals surface area contributed by atoms with Crippen LogP contribution in [-0.2, 0) is 29.8 Å². The number of carbonyl (C=O) groups is 2. The molecule has 1 aromatic carbocycles. The van der Waals surface area contributed by atoms with Gasteiger partial charge in [-0.05, 0) is 31.9 Å². The van der Waals surface area contributed by atoms with Gasteiger partial charge in [0.05, 0.1) is 24.7 Å². The van der Waals surface area contributed by atoms with Gasteiger partial charge in [0.15, 0.2) is 17.6 Å². The minimum Gasteiger partial charge on any atom is -0.424 e. The number of ether oxygens (including phenoxy) is 1. The summed E-state index contributed by atoms with van der Waals surface area (Å²) in [7, 11) is -4.09. The Morgan fingerprint density at radius 3 is 2.75 bits per heavy atom. The van der Waals surface area contributed by atoms with Crippen LogP contribution in [0.15, 0.2) is 36.8 Å². The van der Waals surface area contributed by atoms with Gasteiger partial charge in [-0.1, -0.05) is 36.7 Å². The Hall–Kier alpha value is -2.96. The molecule has 3 heterocycles. The summed E-state index contributed by atoms with van der Waals surface area (Å²) < 4.78 is 48.1. The number of nitrogens with two attached hydrogens (primary N) is 1. The second-order valence-corrected chi connectivity index (χ2v) is 12.3. The first-order valence-electron chi connectivity index (χ1n) is 12.5. The molecule has 0 radical (unpaired) electrons. The Morgan fingerprint density at radius 1 is 1.32 bits per heavy atom. The van der Waals surface area contributed by atoms with Gasteiger partial charge in [-0.2, -0.15) is 5.10 Å². The molecule has 0 aliphatic carbocycles. The van der Waals surface area contributed by atoms with E-state index in [1.54, 1.807) is 31.2 Å². The molecule has 0 spiro atoms. The lowest BCUT2D eigenvalue weighted by Crippen LogP contribution is -2.38. The molecular weight excluding hydrogens is 568 g/mol. The highest BCUT2D eigenvalue weighted by atomic mass is 35.5. The number of aryl methyl sites for hydroxylation is 1. The van der Waals surface area contributed by atoms with Crippen LogP contribution in [0.5, 0.6) is 5.75 Å². The van der Waals surface area contributed by atoms with Gasteiger partial charge in [0.25, 0.3) is 0 Å². The van der Waals surface area contributed by atoms with E-state index in [-0.39, 0.29) is 47.1 Å². The molecule has 4 rings (SSSR count). The van der Waals surface area contributed by atoms with Crippen molar-refractivity contribution in [3.63, 3.8) is 0 Å². The summed E-state index contributed by atoms with van der Waals surface area (Å²) in [5.74, 6) is -0.716. The number of anilines is 1. The van der Waals surface area contributed by atoms with Crippen molar-refractivity contribution in [1.29, 1.82) is 0 Å². The molecule has 12 nitrogen and oxygen atoms in total. The van der Waals surface area contributed by atoms with Gasteiger partial charge in [0.2, 0.25) is 5.13 Å². The summed E-state index contributed by atoms with van der Waals surface area (Å²) in [6, 6.07) is 6.71. The maximum absolute atomic E-state index is 15.6. The Balaban J connectivity index is 1.57. The van der Waals surface area contributed by atoms with Gasteiger partial charge < -0.3 is 24.9 Å². The fraction of sp³-hybridized carbons (Fsp3) is 0.480. The molecule has 1 fully saturated rings. The molecule has 0 bridgehead atoms. The zero-order valence-corrected chi connectivity index (χ0v) is 23.7. The number of para-hydroxylation sites is 1. The standard InChI is InChI=1S/C25H30ClFN5O7P/c1-14(16(3)34)12-40(36,39-19-7-5-4-6-17(19)9-8-15(2)33)37-11-20-21(35)25(26,27)22(38-20)18-10-29-24-23(28)30-13-31-32(18)24/h4-7,10,13-14,20-22,35H,8-9,11-12H2,1-3H3,(H2,28,30,31)/t14-,20-,21?,22+,25-,40?/m1/s1. The van der Waals surface area contributed by atoms with Gasteiger partial charge in [-0.3, -0.25) is 9.32 Å². The highest BCUT2D eigenvalue weighted by molar-refractivity contribution is 7.54. The first-order chi connectivity index (χ1) is 18.8. The van der Waals surface area contributed by atoms with Crippen molar-refractivity contribution in [2.24, 2.45) is 5.92 Å². The van der Waals surface area contributed by atoms with Gasteiger partial charge in [0.1, 0.15) is 35.9 Å². The minimum absolute atomic E-state index is 0.0303. The summed E-state index contributed by atoms with van der Waals surface area (Å²) in [6.45, 7) is 3.80. The number of fused-ring (bicyclic) bond motifs is 1. The average Bonchev–Trinajstić information content (AvgIpc) is 3.41. The normalized spacial score (nSPS) is 25.0. The van der Waals surface area contributed by atoms with Gasteiger partial charge in [-0.25, -0.2) is 23.4 Å². The molecule has 1 aliphatic heterocycles. The monoisotopic (exact) mass is 597 g/mol. The summed E-state index contributed by atoms with van der Waals surface area (Å²) >= 11 is 6.11. The number of nitrogens with zero attached hydrogens (tertiary/aromatic N) is 4. The molecule has 3 aromatic rings. The number of halogens is 2. The number of alkyl halides is 2. The SMILES string of the molecule is CC(=O)CCc1ccccc1OP(=O)(C[C@@H](C)C(C)=O)OC[C@H]1O[C@@H](c2cnc3c(N)ncnn23)[C@@](F)(Cl)C1O. The Morgan fingerprint density at radius 2 is 2.05 bits per heavy atom. The predicted octanol–water partition coefficient (Wildman–Crippen LogP) is 3.45. The van der Waals surface area contributed by atoms with Crippen molar-refractivity contribution >= 4 is 42.2 Å². The summed E-state index contributed by atoms with van der Waals surface area (Å²) in [5.41, 5.74) is 6.62. The molecule has 2 unspecified atom stereocenters. The summed E-state index contributed by atoms with van der Waals surface area (Å²) in [6.07, 6.45) is -2.16. The molecule has 15 heteroatoms. The Bertz CT molecular complexity index is 1450. The topological polar surface area (TPSA) is 168 Å². The van der Waals surface area contributed by atoms with E-state index in [2.05, 4.69) is 15.1 Å². The lowest BCUT2D eigenvalue weighted by Gasteiger charge is -2.25. The molecule has 6 atom stereocenters. The van der Waals surface area contributed by atoms with Crippen LogP contribution >= 0.6 is 19.2 Å². The smallest absolute Gasteiger partial charge is 0.380 e. The van der Waals surface area contributed by atoms with E-state index in [1.165, 1.54) is 24.6 Å². The van der Waals surface area contributed by atoms with E-state index in [4.69, 9.17) is 31.1 Å². The van der Waals surface area contributed by atoms with E-state index < -0.39 is 43.6 Å². The first-order valence-corrected chi connectivity index (χ1v) is 14.6. The van der Waals surface area contributed by atoms with Gasteiger partial charge >= 0.3 is 7.60 Å². The van der Waals surface area contributed by atoms with Crippen molar-refractivity contribution < 1.29 is 37.4 Å². The maximum Gasteiger partial charge on any atom is 0.380 e. The number of aromatic nitrogens is 4. The lowest BCUT2D eigenvalue weighted by atomic mass is 10.1. The molecule has 3 N–H and O–H groups in total. The number of hydrogen-bond acceptors (Lipinski definition) is 11. The van der Waals surface area contributed by atoms with Crippen molar-refractivity contribution in [2.75, 3.05) is 18.5 Å². The number of aliphatic hydroxyl groups is 1. The third kappa shape index (κ3) is 6.34. The van der Waals surface area contributed by atoms with E-state index >= 15 is 4.39 Å². The van der Waals surface area contributed by atoms with Crippen LogP contribution in [0.2, 0.25) is 0 Å². The maximum atomic E-state index is 15.6. The van der Waals surface area contributed by atoms with Crippen molar-refractivity contribution in [2.45, 2.75) is 57.1 Å². The Labute approximate surface area is 234 Å². The number of hydrogen-bond donors (Lipinski definition) is 2. The zero-order chi connectivity index (χ0) is 29.2. The highest BCUT2D eigenvalue weighted by Crippen LogP contribution is 2.53. The van der Waals surface area contributed by atoms with Crippen LogP contribution in [-0.4, -0.2) is 66.4 Å². The number of carbonyl (C=O) groups excluding carboxylic acids is 2. The molecule has 216 valence electrons. The van der Waals surface area contributed by atoms with E-state index in [0.717, 1.165) is 6.33 Å². The van der Waals surface area contributed by atoms with Crippen LogP contribution in [0.1, 0.15) is 44.6 Å². The second kappa shape index (κ2) is 11.9. The Kier molecular flexibility index (Phi) is 8.91. The van der Waals surface area contributed by atoms with Crippen LogP contribution < -0.4 is 10.3 Å². The number of Topliss-reactive ketones (excluding diaryl/α,β-unsaturated/α-hetero) is 2. The fourth-order valence-corrected chi connectivity index (χ4v) is 6.51. The molecule has 1 saturated heterocycles. The molecule has 1 aliphatic rings. The molecule has 40 heavy (non-hydrogen) atoms. The summed E-state index contributed by atoms with van der Waals surface area (Å²) in [4.78, 5) is 31.4. The van der Waals surface area contributed by atoms with E-state index in [0.29, 0.717) is 12.0 Å². The number of aliphatic hydroxyl groups excluding tert-OH is 1. The highest BCUT2D eigenvalue weighted by Gasteiger charge is 2.58. The minimum atomic E-state index is -4.09. The average molecular weight is 598 g/mol. The van der Waals surface area contributed by atoms with Gasteiger partial charge in [0, 0.05) is 12.3 Å². The quantitative estimate of drug-likeness (QED) is 0.232. The van der Waals surface area contributed by atoms with E-state index in [1.807, 2.05) is 0 Å². The van der Waals surface area contributed by atoms with Crippen LogP contribution in [0.3, 0.4) is 0 Å². The number of benzene rings is 1. The molecule has 2 aromatic heterocycles. The number of nitrogen functional groups attached to an aromatic ring is 1.